The first kappa shape index (κ1) is 29.5. The van der Waals surface area contributed by atoms with Gasteiger partial charge in [0, 0.05) is 41.1 Å². The monoisotopic (exact) mass is 584 g/mol. The van der Waals surface area contributed by atoms with Crippen LogP contribution in [0.2, 0.25) is 0 Å². The Balaban J connectivity index is 1.27. The van der Waals surface area contributed by atoms with Gasteiger partial charge < -0.3 is 25.1 Å². The molecule has 1 aliphatic heterocycles. The first-order valence-corrected chi connectivity index (χ1v) is 14.7. The molecule has 8 nitrogen and oxygen atoms in total. The number of pyridine rings is 1. The molecule has 3 atom stereocenters. The number of hydrogen-bond acceptors (Lipinski definition) is 7. The maximum Gasteiger partial charge on any atom is 0.251 e. The third kappa shape index (κ3) is 7.63. The van der Waals surface area contributed by atoms with E-state index < -0.39 is 6.29 Å². The standard InChI is InChI=1S/C33H32N2O6S/c1-22(37)27-5-4-6-28(18-27)34-31(38)17-23-8-14-26(15-9-23)33-40-29(21-42-32-7-2-3-16-35(32)39)19-30(41-33)25-12-10-24(20-36)11-13-25/h2-16,18,29-30,33,36H,17,19-21H2,1H3,(H,34,38). The zero-order valence-electron chi connectivity index (χ0n) is 23.1. The molecule has 42 heavy (non-hydrogen) atoms. The largest absolute Gasteiger partial charge is 0.618 e. The SMILES string of the molecule is CC(=O)c1cccc(NC(=O)Cc2ccc(C3OC(CSc4cccc[n+]4[O-])CC(c4ccc(CO)cc4)O3)cc2)c1. The van der Waals surface area contributed by atoms with Gasteiger partial charge in [-0.1, -0.05) is 72.4 Å². The number of rotatable bonds is 10. The highest BCUT2D eigenvalue weighted by atomic mass is 32.2. The highest BCUT2D eigenvalue weighted by molar-refractivity contribution is 7.99. The van der Waals surface area contributed by atoms with Gasteiger partial charge in [0.25, 0.3) is 5.03 Å². The molecule has 0 saturated carbocycles. The lowest BCUT2D eigenvalue weighted by Gasteiger charge is -2.36. The van der Waals surface area contributed by atoms with E-state index in [-0.39, 0.29) is 36.9 Å². The fourth-order valence-electron chi connectivity index (χ4n) is 4.72. The molecular formula is C33H32N2O6S. The van der Waals surface area contributed by atoms with E-state index in [0.29, 0.717) is 28.5 Å². The minimum absolute atomic E-state index is 0.0295. The molecule has 4 aromatic rings. The van der Waals surface area contributed by atoms with E-state index in [0.717, 1.165) is 27.0 Å². The number of carbonyl (C=O) groups is 2. The van der Waals surface area contributed by atoms with E-state index in [1.807, 2.05) is 54.6 Å². The number of aliphatic hydroxyl groups excluding tert-OH is 1. The lowest BCUT2D eigenvalue weighted by Crippen LogP contribution is -2.32. The van der Waals surface area contributed by atoms with Gasteiger partial charge in [-0.15, -0.1) is 0 Å². The number of anilines is 1. The predicted octanol–water partition coefficient (Wildman–Crippen LogP) is 5.53. The zero-order chi connectivity index (χ0) is 29.5. The average molecular weight is 585 g/mol. The van der Waals surface area contributed by atoms with E-state index in [4.69, 9.17) is 9.47 Å². The number of aliphatic hydroxyl groups is 1. The van der Waals surface area contributed by atoms with Crippen LogP contribution in [0.15, 0.2) is 102 Å². The lowest BCUT2D eigenvalue weighted by molar-refractivity contribution is -0.645. The Labute approximate surface area is 248 Å². The Morgan fingerprint density at radius 1 is 0.952 bits per heavy atom. The number of nitrogens with one attached hydrogen (secondary N) is 1. The van der Waals surface area contributed by atoms with Crippen LogP contribution in [0.1, 0.15) is 58.4 Å². The molecule has 3 unspecified atom stereocenters. The first-order valence-electron chi connectivity index (χ1n) is 13.7. The quantitative estimate of drug-likeness (QED) is 0.109. The van der Waals surface area contributed by atoms with Gasteiger partial charge in [-0.05, 0) is 41.8 Å². The number of carbonyl (C=O) groups excluding carboxylic acids is 2. The van der Waals surface area contributed by atoms with Crippen molar-refractivity contribution in [1.29, 1.82) is 0 Å². The van der Waals surface area contributed by atoms with Crippen LogP contribution in [-0.4, -0.2) is 28.7 Å². The third-order valence-corrected chi connectivity index (χ3v) is 8.14. The molecular weight excluding hydrogens is 552 g/mol. The van der Waals surface area contributed by atoms with Crippen molar-refractivity contribution >= 4 is 29.1 Å². The molecule has 1 saturated heterocycles. The lowest BCUT2D eigenvalue weighted by atomic mass is 10.0. The summed E-state index contributed by atoms with van der Waals surface area (Å²) in [4.78, 5) is 24.3. The number of aromatic nitrogens is 1. The zero-order valence-corrected chi connectivity index (χ0v) is 24.0. The van der Waals surface area contributed by atoms with Crippen LogP contribution in [0.25, 0.3) is 0 Å². The third-order valence-electron chi connectivity index (χ3n) is 6.99. The molecule has 0 aliphatic carbocycles. The Bertz CT molecular complexity index is 1530. The van der Waals surface area contributed by atoms with Crippen LogP contribution in [0.4, 0.5) is 5.69 Å². The Kier molecular flexibility index (Phi) is 9.66. The summed E-state index contributed by atoms with van der Waals surface area (Å²) in [5.74, 6) is 0.322. The first-order chi connectivity index (χ1) is 20.4. The normalized spacial score (nSPS) is 18.4. The molecule has 1 aromatic heterocycles. The van der Waals surface area contributed by atoms with Crippen molar-refractivity contribution < 1.29 is 28.9 Å². The van der Waals surface area contributed by atoms with Gasteiger partial charge in [-0.25, -0.2) is 0 Å². The minimum atomic E-state index is -0.640. The molecule has 2 N–H and O–H groups in total. The number of ketones is 1. The van der Waals surface area contributed by atoms with E-state index in [1.165, 1.54) is 24.9 Å². The number of ether oxygens (including phenoxy) is 2. The molecule has 5 rings (SSSR count). The van der Waals surface area contributed by atoms with Crippen molar-refractivity contribution in [2.24, 2.45) is 0 Å². The van der Waals surface area contributed by atoms with E-state index >= 15 is 0 Å². The molecule has 0 radical (unpaired) electrons. The van der Waals surface area contributed by atoms with Crippen molar-refractivity contribution in [3.05, 3.63) is 130 Å². The number of nitrogens with zero attached hydrogens (tertiary/aromatic N) is 1. The Morgan fingerprint density at radius 3 is 2.40 bits per heavy atom. The molecule has 9 heteroatoms. The fraction of sp³-hybridized carbons (Fsp3) is 0.242. The van der Waals surface area contributed by atoms with Crippen molar-refractivity contribution in [2.75, 3.05) is 11.1 Å². The van der Waals surface area contributed by atoms with Gasteiger partial charge in [0.15, 0.2) is 18.3 Å². The minimum Gasteiger partial charge on any atom is -0.618 e. The summed E-state index contributed by atoms with van der Waals surface area (Å²) in [5, 5.41) is 25.0. The molecule has 3 aromatic carbocycles. The fourth-order valence-corrected chi connectivity index (χ4v) is 5.66. The van der Waals surface area contributed by atoms with E-state index in [2.05, 4.69) is 5.32 Å². The second kappa shape index (κ2) is 13.8. The second-order valence-electron chi connectivity index (χ2n) is 10.1. The summed E-state index contributed by atoms with van der Waals surface area (Å²) in [6.07, 6.45) is 1.19. The maximum absolute atomic E-state index is 12.7. The van der Waals surface area contributed by atoms with Gasteiger partial charge in [0.05, 0.1) is 25.2 Å². The predicted molar refractivity (Wildman–Crippen MR) is 160 cm³/mol. The summed E-state index contributed by atoms with van der Waals surface area (Å²) < 4.78 is 13.6. The highest BCUT2D eigenvalue weighted by Crippen LogP contribution is 2.39. The summed E-state index contributed by atoms with van der Waals surface area (Å²) in [7, 11) is 0. The van der Waals surface area contributed by atoms with Crippen LogP contribution >= 0.6 is 11.8 Å². The molecule has 0 spiro atoms. The molecule has 2 heterocycles. The molecule has 1 fully saturated rings. The number of thioether (sulfide) groups is 1. The summed E-state index contributed by atoms with van der Waals surface area (Å²) in [5.41, 5.74) is 4.56. The van der Waals surface area contributed by atoms with Crippen LogP contribution in [0.3, 0.4) is 0 Å². The Hall–Kier alpha value is -4.02. The molecule has 0 bridgehead atoms. The summed E-state index contributed by atoms with van der Waals surface area (Å²) in [6.45, 7) is 1.46. The summed E-state index contributed by atoms with van der Waals surface area (Å²) >= 11 is 1.44. The number of amides is 1. The average Bonchev–Trinajstić information content (AvgIpc) is 3.01. The highest BCUT2D eigenvalue weighted by Gasteiger charge is 2.32. The molecule has 216 valence electrons. The topological polar surface area (TPSA) is 112 Å². The van der Waals surface area contributed by atoms with Crippen LogP contribution in [0, 0.1) is 5.21 Å². The molecule has 1 aliphatic rings. The summed E-state index contributed by atoms with van der Waals surface area (Å²) in [6, 6.07) is 27.4. The smallest absolute Gasteiger partial charge is 0.251 e. The van der Waals surface area contributed by atoms with Gasteiger partial charge in [-0.3, -0.25) is 9.59 Å². The van der Waals surface area contributed by atoms with Crippen molar-refractivity contribution in [3.63, 3.8) is 0 Å². The van der Waals surface area contributed by atoms with Gasteiger partial charge in [-0.2, -0.15) is 4.73 Å². The second-order valence-corrected chi connectivity index (χ2v) is 11.2. The van der Waals surface area contributed by atoms with Crippen LogP contribution < -0.4 is 10.0 Å². The van der Waals surface area contributed by atoms with Gasteiger partial charge >= 0.3 is 0 Å². The van der Waals surface area contributed by atoms with E-state index in [9.17, 15) is 19.9 Å². The van der Waals surface area contributed by atoms with Gasteiger partial charge in [0.1, 0.15) is 0 Å². The van der Waals surface area contributed by atoms with Crippen molar-refractivity contribution in [3.8, 4) is 0 Å². The Morgan fingerprint density at radius 2 is 1.69 bits per heavy atom. The van der Waals surface area contributed by atoms with Crippen LogP contribution in [-0.2, 0) is 27.3 Å². The van der Waals surface area contributed by atoms with Crippen molar-refractivity contribution in [1.82, 2.24) is 0 Å². The number of hydrogen-bond donors (Lipinski definition) is 2. The van der Waals surface area contributed by atoms with Crippen LogP contribution in [0.5, 0.6) is 0 Å². The van der Waals surface area contributed by atoms with Gasteiger partial charge in [0.2, 0.25) is 5.91 Å². The van der Waals surface area contributed by atoms with E-state index in [1.54, 1.807) is 36.4 Å². The maximum atomic E-state index is 12.7. The molecule has 1 amide bonds. The number of benzene rings is 3. The van der Waals surface area contributed by atoms with Crippen molar-refractivity contribution in [2.45, 2.75) is 49.9 Å². The number of Topliss-reactive ketones (excluding diaryl/α,β-unsaturated/α-hetero) is 1.